The summed E-state index contributed by atoms with van der Waals surface area (Å²) in [6.07, 6.45) is 3.68. The third kappa shape index (κ3) is 2.08. The molecule has 0 saturated heterocycles. The molecule has 1 aromatic rings. The summed E-state index contributed by atoms with van der Waals surface area (Å²) >= 11 is 0. The Bertz CT molecular complexity index is 280. The Morgan fingerprint density at radius 2 is 2.23 bits per heavy atom. The summed E-state index contributed by atoms with van der Waals surface area (Å²) < 4.78 is 7.04. The normalized spacial score (nSPS) is 14.5. The summed E-state index contributed by atoms with van der Waals surface area (Å²) in [4.78, 5) is 0. The maximum atomic E-state index is 6.02. The number of aryl methyl sites for hydroxylation is 1. The van der Waals surface area contributed by atoms with Crippen LogP contribution in [0, 0.1) is 0 Å². The molecule has 1 atom stereocenters. The lowest BCUT2D eigenvalue weighted by Gasteiger charge is -2.29. The van der Waals surface area contributed by atoms with Gasteiger partial charge in [-0.05, 0) is 13.8 Å². The standard InChI is InChI=1S/C9H17N3O/c1-9(2,13-4)8(10)7-5-11-12(3)6-7/h5-6,8H,10H2,1-4H3. The highest BCUT2D eigenvalue weighted by atomic mass is 16.5. The number of aromatic nitrogens is 2. The van der Waals surface area contributed by atoms with Crippen LogP contribution >= 0.6 is 0 Å². The SMILES string of the molecule is COC(C)(C)C(N)c1cnn(C)c1. The molecule has 0 aromatic carbocycles. The summed E-state index contributed by atoms with van der Waals surface area (Å²) in [7, 11) is 3.53. The van der Waals surface area contributed by atoms with Crippen LogP contribution in [0.15, 0.2) is 12.4 Å². The third-order valence-corrected chi connectivity index (χ3v) is 2.36. The molecular formula is C9H17N3O. The predicted molar refractivity (Wildman–Crippen MR) is 51.2 cm³/mol. The van der Waals surface area contributed by atoms with Crippen molar-refractivity contribution in [2.75, 3.05) is 7.11 Å². The molecule has 0 fully saturated rings. The first kappa shape index (κ1) is 10.2. The molecule has 0 bridgehead atoms. The van der Waals surface area contributed by atoms with Gasteiger partial charge in [0.05, 0.1) is 17.8 Å². The average molecular weight is 183 g/mol. The fourth-order valence-corrected chi connectivity index (χ4v) is 1.13. The molecular weight excluding hydrogens is 166 g/mol. The van der Waals surface area contributed by atoms with E-state index in [-0.39, 0.29) is 11.6 Å². The average Bonchev–Trinajstić information content (AvgIpc) is 2.50. The van der Waals surface area contributed by atoms with E-state index in [4.69, 9.17) is 10.5 Å². The highest BCUT2D eigenvalue weighted by Crippen LogP contribution is 2.25. The number of rotatable bonds is 3. The van der Waals surface area contributed by atoms with E-state index in [0.717, 1.165) is 5.56 Å². The minimum Gasteiger partial charge on any atom is -0.377 e. The molecule has 1 unspecified atom stereocenters. The van der Waals surface area contributed by atoms with Crippen molar-refractivity contribution in [2.24, 2.45) is 12.8 Å². The van der Waals surface area contributed by atoms with E-state index in [1.807, 2.05) is 27.1 Å². The molecule has 4 heteroatoms. The molecule has 0 aliphatic carbocycles. The van der Waals surface area contributed by atoms with Gasteiger partial charge in [0.2, 0.25) is 0 Å². The van der Waals surface area contributed by atoms with Gasteiger partial charge in [0.1, 0.15) is 0 Å². The van der Waals surface area contributed by atoms with Crippen LogP contribution in [0.5, 0.6) is 0 Å². The van der Waals surface area contributed by atoms with Gasteiger partial charge >= 0.3 is 0 Å². The van der Waals surface area contributed by atoms with E-state index in [0.29, 0.717) is 0 Å². The molecule has 1 heterocycles. The summed E-state index contributed by atoms with van der Waals surface area (Å²) in [6.45, 7) is 3.93. The number of ether oxygens (including phenoxy) is 1. The van der Waals surface area contributed by atoms with Crippen LogP contribution in [0.1, 0.15) is 25.5 Å². The second-order valence-electron chi connectivity index (χ2n) is 3.73. The molecule has 0 aliphatic rings. The lowest BCUT2D eigenvalue weighted by molar-refractivity contribution is -0.0000467. The molecule has 1 rings (SSSR count). The number of hydrogen-bond acceptors (Lipinski definition) is 3. The highest BCUT2D eigenvalue weighted by molar-refractivity contribution is 5.13. The lowest BCUT2D eigenvalue weighted by Crippen LogP contribution is -2.36. The molecule has 0 amide bonds. The van der Waals surface area contributed by atoms with Crippen molar-refractivity contribution < 1.29 is 4.74 Å². The lowest BCUT2D eigenvalue weighted by atomic mass is 9.95. The Kier molecular flexibility index (Phi) is 2.73. The van der Waals surface area contributed by atoms with Crippen molar-refractivity contribution >= 4 is 0 Å². The minimum atomic E-state index is -0.358. The van der Waals surface area contributed by atoms with E-state index >= 15 is 0 Å². The molecule has 13 heavy (non-hydrogen) atoms. The van der Waals surface area contributed by atoms with Crippen molar-refractivity contribution in [1.82, 2.24) is 9.78 Å². The Morgan fingerprint density at radius 3 is 2.62 bits per heavy atom. The zero-order chi connectivity index (χ0) is 10.1. The van der Waals surface area contributed by atoms with Crippen LogP contribution in [0.4, 0.5) is 0 Å². The molecule has 2 N–H and O–H groups in total. The first-order chi connectivity index (χ1) is 5.97. The number of methoxy groups -OCH3 is 1. The Hall–Kier alpha value is -0.870. The van der Waals surface area contributed by atoms with Crippen molar-refractivity contribution in [3.8, 4) is 0 Å². The summed E-state index contributed by atoms with van der Waals surface area (Å²) in [5.74, 6) is 0. The van der Waals surface area contributed by atoms with Crippen molar-refractivity contribution in [3.63, 3.8) is 0 Å². The fraction of sp³-hybridized carbons (Fsp3) is 0.667. The van der Waals surface area contributed by atoms with Gasteiger partial charge in [0.25, 0.3) is 0 Å². The molecule has 0 radical (unpaired) electrons. The van der Waals surface area contributed by atoms with Gasteiger partial charge in [-0.3, -0.25) is 4.68 Å². The summed E-state index contributed by atoms with van der Waals surface area (Å²) in [5, 5.41) is 4.07. The van der Waals surface area contributed by atoms with E-state index in [1.54, 1.807) is 18.0 Å². The van der Waals surface area contributed by atoms with E-state index in [9.17, 15) is 0 Å². The van der Waals surface area contributed by atoms with Crippen LogP contribution in [0.3, 0.4) is 0 Å². The van der Waals surface area contributed by atoms with Crippen LogP contribution < -0.4 is 5.73 Å². The molecule has 1 aromatic heterocycles. The van der Waals surface area contributed by atoms with Crippen LogP contribution in [0.2, 0.25) is 0 Å². The first-order valence-electron chi connectivity index (χ1n) is 4.26. The highest BCUT2D eigenvalue weighted by Gasteiger charge is 2.27. The molecule has 0 spiro atoms. The molecule has 0 saturated carbocycles. The third-order valence-electron chi connectivity index (χ3n) is 2.36. The van der Waals surface area contributed by atoms with Crippen molar-refractivity contribution in [2.45, 2.75) is 25.5 Å². The molecule has 0 aliphatic heterocycles. The van der Waals surface area contributed by atoms with Gasteiger partial charge in [-0.2, -0.15) is 5.10 Å². The minimum absolute atomic E-state index is 0.147. The van der Waals surface area contributed by atoms with Crippen molar-refractivity contribution in [1.29, 1.82) is 0 Å². The first-order valence-corrected chi connectivity index (χ1v) is 4.26. The largest absolute Gasteiger partial charge is 0.377 e. The summed E-state index contributed by atoms with van der Waals surface area (Å²) in [5.41, 5.74) is 6.65. The van der Waals surface area contributed by atoms with Gasteiger partial charge in [0, 0.05) is 25.9 Å². The maximum Gasteiger partial charge on any atom is 0.0815 e. The predicted octanol–water partition coefficient (Wildman–Crippen LogP) is 0.845. The van der Waals surface area contributed by atoms with E-state index < -0.39 is 0 Å². The second kappa shape index (κ2) is 3.47. The summed E-state index contributed by atoms with van der Waals surface area (Å²) in [6, 6.07) is -0.147. The zero-order valence-corrected chi connectivity index (χ0v) is 8.61. The Morgan fingerprint density at radius 1 is 1.62 bits per heavy atom. The van der Waals surface area contributed by atoms with E-state index in [1.165, 1.54) is 0 Å². The van der Waals surface area contributed by atoms with Crippen LogP contribution in [-0.2, 0) is 11.8 Å². The van der Waals surface area contributed by atoms with Gasteiger partial charge in [-0.15, -0.1) is 0 Å². The number of nitrogens with two attached hydrogens (primary N) is 1. The molecule has 74 valence electrons. The van der Waals surface area contributed by atoms with E-state index in [2.05, 4.69) is 5.10 Å². The molecule has 4 nitrogen and oxygen atoms in total. The number of nitrogens with zero attached hydrogens (tertiary/aromatic N) is 2. The van der Waals surface area contributed by atoms with Crippen LogP contribution in [-0.4, -0.2) is 22.5 Å². The quantitative estimate of drug-likeness (QED) is 0.755. The Labute approximate surface area is 78.7 Å². The monoisotopic (exact) mass is 183 g/mol. The topological polar surface area (TPSA) is 53.1 Å². The fourth-order valence-electron chi connectivity index (χ4n) is 1.13. The van der Waals surface area contributed by atoms with Gasteiger partial charge < -0.3 is 10.5 Å². The number of hydrogen-bond donors (Lipinski definition) is 1. The van der Waals surface area contributed by atoms with Crippen molar-refractivity contribution in [3.05, 3.63) is 18.0 Å². The Balaban J connectivity index is 2.84. The zero-order valence-electron chi connectivity index (χ0n) is 8.61. The van der Waals surface area contributed by atoms with Gasteiger partial charge in [-0.25, -0.2) is 0 Å². The van der Waals surface area contributed by atoms with Crippen LogP contribution in [0.25, 0.3) is 0 Å². The smallest absolute Gasteiger partial charge is 0.0815 e. The van der Waals surface area contributed by atoms with Gasteiger partial charge in [-0.1, -0.05) is 0 Å². The van der Waals surface area contributed by atoms with Gasteiger partial charge in [0.15, 0.2) is 0 Å². The second-order valence-corrected chi connectivity index (χ2v) is 3.73. The maximum absolute atomic E-state index is 6.02.